The van der Waals surface area contributed by atoms with Crippen LogP contribution in [0.25, 0.3) is 11.3 Å². The Bertz CT molecular complexity index is 1250. The van der Waals surface area contributed by atoms with Crippen LogP contribution in [0.3, 0.4) is 0 Å². The number of hydrogen-bond donors (Lipinski definition) is 0. The van der Waals surface area contributed by atoms with Crippen molar-refractivity contribution in [3.63, 3.8) is 0 Å². The first-order chi connectivity index (χ1) is 16.1. The van der Waals surface area contributed by atoms with Crippen LogP contribution in [0.1, 0.15) is 35.7 Å². The lowest BCUT2D eigenvalue weighted by Gasteiger charge is -2.29. The van der Waals surface area contributed by atoms with E-state index in [9.17, 15) is 0 Å². The van der Waals surface area contributed by atoms with E-state index in [-0.39, 0.29) is 12.1 Å². The van der Waals surface area contributed by atoms with Gasteiger partial charge in [0.1, 0.15) is 17.6 Å². The second-order valence-electron chi connectivity index (χ2n) is 8.44. The third kappa shape index (κ3) is 4.51. The molecule has 0 saturated carbocycles. The minimum Gasteiger partial charge on any atom is -0.493 e. The van der Waals surface area contributed by atoms with E-state index in [0.717, 1.165) is 28.2 Å². The topological polar surface area (TPSA) is 37.7 Å². The third-order valence-electron chi connectivity index (χ3n) is 5.99. The molecule has 2 unspecified atom stereocenters. The fourth-order valence-corrected chi connectivity index (χ4v) is 4.59. The molecule has 33 heavy (non-hydrogen) atoms. The molecule has 0 N–H and O–H groups in total. The van der Waals surface area contributed by atoms with Gasteiger partial charge in [0.25, 0.3) is 0 Å². The number of pyridine rings is 1. The summed E-state index contributed by atoms with van der Waals surface area (Å²) in [5.41, 5.74) is 6.90. The second kappa shape index (κ2) is 9.36. The summed E-state index contributed by atoms with van der Waals surface area (Å²) < 4.78 is 5.69. The molecule has 4 nitrogen and oxygen atoms in total. The predicted molar refractivity (Wildman–Crippen MR) is 138 cm³/mol. The van der Waals surface area contributed by atoms with Gasteiger partial charge in [-0.25, -0.2) is 0 Å². The quantitative estimate of drug-likeness (QED) is 0.350. The maximum atomic E-state index is 5.69. The summed E-state index contributed by atoms with van der Waals surface area (Å²) >= 11 is 3.39. The Kier molecular flexibility index (Phi) is 6.14. The molecular weight excluding hydrogens is 474 g/mol. The van der Waals surface area contributed by atoms with Gasteiger partial charge in [0, 0.05) is 23.3 Å². The summed E-state index contributed by atoms with van der Waals surface area (Å²) in [6, 6.07) is 21.2. The first-order valence-corrected chi connectivity index (χ1v) is 12.3. The molecule has 166 valence electrons. The number of halogens is 1. The van der Waals surface area contributed by atoms with Crippen LogP contribution in [0, 0.1) is 6.92 Å². The number of fused-ring (bicyclic) bond motifs is 1. The fraction of sp³-hybridized carbons (Fsp3) is 0.214. The summed E-state index contributed by atoms with van der Waals surface area (Å²) in [5, 5.41) is 0.811. The van der Waals surface area contributed by atoms with Crippen LogP contribution in [-0.2, 0) is 0 Å². The van der Waals surface area contributed by atoms with Gasteiger partial charge in [-0.1, -0.05) is 45.8 Å². The second-order valence-corrected chi connectivity index (χ2v) is 9.23. The lowest BCUT2D eigenvalue weighted by molar-refractivity contribution is 0.345. The number of hydrogen-bond acceptors (Lipinski definition) is 4. The highest BCUT2D eigenvalue weighted by atomic mass is 79.9. The average Bonchev–Trinajstić information content (AvgIpc) is 3.22. The van der Waals surface area contributed by atoms with Crippen LogP contribution in [0.2, 0.25) is 0 Å². The summed E-state index contributed by atoms with van der Waals surface area (Å²) in [6.45, 7) is 4.89. The monoisotopic (exact) mass is 499 g/mol. The van der Waals surface area contributed by atoms with Crippen molar-refractivity contribution in [2.45, 2.75) is 25.9 Å². The molecular formula is C28H26BrN3O. The molecule has 0 radical (unpaired) electrons. The Labute approximate surface area is 203 Å². The van der Waals surface area contributed by atoms with Crippen LogP contribution in [0.15, 0.2) is 95.8 Å². The Hall–Kier alpha value is -3.18. The highest BCUT2D eigenvalue weighted by Gasteiger charge is 2.37. The van der Waals surface area contributed by atoms with Crippen LogP contribution < -0.4 is 4.74 Å². The van der Waals surface area contributed by atoms with Gasteiger partial charge >= 0.3 is 0 Å². The predicted octanol–water partition coefficient (Wildman–Crippen LogP) is 6.80. The van der Waals surface area contributed by atoms with Gasteiger partial charge < -0.3 is 9.64 Å². The van der Waals surface area contributed by atoms with Gasteiger partial charge in [-0.15, -0.1) is 0 Å². The van der Waals surface area contributed by atoms with E-state index < -0.39 is 0 Å². The Balaban J connectivity index is 1.51. The van der Waals surface area contributed by atoms with E-state index in [4.69, 9.17) is 9.73 Å². The Morgan fingerprint density at radius 3 is 2.64 bits per heavy atom. The molecule has 2 aliphatic heterocycles. The number of benzene rings is 2. The number of aryl methyl sites for hydroxylation is 1. The van der Waals surface area contributed by atoms with Gasteiger partial charge in [-0.2, -0.15) is 0 Å². The molecule has 0 spiro atoms. The first kappa shape index (κ1) is 21.7. The smallest absolute Gasteiger partial charge is 0.129 e. The minimum atomic E-state index is 0.0157. The molecule has 5 rings (SSSR count). The number of rotatable bonds is 6. The van der Waals surface area contributed by atoms with Crippen LogP contribution >= 0.6 is 15.9 Å². The van der Waals surface area contributed by atoms with Crippen molar-refractivity contribution >= 4 is 21.8 Å². The van der Waals surface area contributed by atoms with Crippen molar-refractivity contribution in [1.29, 1.82) is 0 Å². The van der Waals surface area contributed by atoms with Crippen LogP contribution in [0.5, 0.6) is 5.75 Å². The minimum absolute atomic E-state index is 0.0157. The average molecular weight is 500 g/mol. The highest BCUT2D eigenvalue weighted by molar-refractivity contribution is 9.09. The lowest BCUT2D eigenvalue weighted by Crippen LogP contribution is -2.27. The zero-order valence-corrected chi connectivity index (χ0v) is 20.4. The molecule has 5 heteroatoms. The number of aliphatic imine (C=N–C) groups is 1. The third-order valence-corrected chi connectivity index (χ3v) is 6.32. The molecule has 3 aromatic rings. The molecule has 2 aliphatic rings. The molecule has 2 aromatic carbocycles. The number of aromatic nitrogens is 1. The van der Waals surface area contributed by atoms with Gasteiger partial charge in [0.05, 0.1) is 18.3 Å². The van der Waals surface area contributed by atoms with Gasteiger partial charge in [-0.3, -0.25) is 9.98 Å². The summed E-state index contributed by atoms with van der Waals surface area (Å²) in [5.74, 6) is 1.88. The number of allylic oxidation sites excluding steroid dienone is 2. The van der Waals surface area contributed by atoms with Crippen molar-refractivity contribution < 1.29 is 4.74 Å². The van der Waals surface area contributed by atoms with Gasteiger partial charge in [0.2, 0.25) is 0 Å². The van der Waals surface area contributed by atoms with Crippen molar-refractivity contribution in [2.75, 3.05) is 11.9 Å². The highest BCUT2D eigenvalue weighted by Crippen LogP contribution is 2.44. The first-order valence-electron chi connectivity index (χ1n) is 11.2. The van der Waals surface area contributed by atoms with E-state index in [0.29, 0.717) is 6.61 Å². The van der Waals surface area contributed by atoms with Crippen LogP contribution in [-0.4, -0.2) is 27.7 Å². The molecule has 0 bridgehead atoms. The zero-order valence-electron chi connectivity index (χ0n) is 18.8. The van der Waals surface area contributed by atoms with Crippen molar-refractivity contribution in [1.82, 2.24) is 9.88 Å². The van der Waals surface area contributed by atoms with Gasteiger partial charge in [0.15, 0.2) is 0 Å². The molecule has 3 heterocycles. The normalized spacial score (nSPS) is 19.2. The van der Waals surface area contributed by atoms with Crippen LogP contribution in [0.4, 0.5) is 0 Å². The number of nitrogens with zero attached hydrogens (tertiary/aromatic N) is 3. The number of ether oxygens (including phenoxy) is 1. The Morgan fingerprint density at radius 2 is 1.85 bits per heavy atom. The summed E-state index contributed by atoms with van der Waals surface area (Å²) in [4.78, 5) is 12.1. The molecule has 0 aliphatic carbocycles. The Morgan fingerprint density at radius 1 is 1.00 bits per heavy atom. The van der Waals surface area contributed by atoms with Crippen molar-refractivity contribution in [2.24, 2.45) is 4.99 Å². The van der Waals surface area contributed by atoms with Crippen molar-refractivity contribution in [3.8, 4) is 17.0 Å². The lowest BCUT2D eigenvalue weighted by atomic mass is 9.92. The SMILES string of the molecule is CC1=CC2=NC(c3cccc(C)c3)C(c3ccnc(-c4ccc(OCCBr)cc4)c3)N2C=C1. The molecule has 0 fully saturated rings. The molecule has 0 saturated heterocycles. The molecule has 0 amide bonds. The molecule has 2 atom stereocenters. The number of amidine groups is 1. The zero-order chi connectivity index (χ0) is 22.8. The standard InChI is InChI=1S/C28H26BrN3O/c1-19-4-3-5-22(16-19)27-28(32-14-11-20(2)17-26(32)31-27)23-10-13-30-25(18-23)21-6-8-24(9-7-21)33-15-12-29/h3-11,13-14,16-18,27-28H,12,15H2,1-2H3. The van der Waals surface area contributed by atoms with E-state index in [1.54, 1.807) is 0 Å². The van der Waals surface area contributed by atoms with Gasteiger partial charge in [-0.05, 0) is 79.1 Å². The van der Waals surface area contributed by atoms with E-state index in [1.165, 1.54) is 22.3 Å². The van der Waals surface area contributed by atoms with E-state index in [2.05, 4.69) is 107 Å². The summed E-state index contributed by atoms with van der Waals surface area (Å²) in [7, 11) is 0. The largest absolute Gasteiger partial charge is 0.493 e. The van der Waals surface area contributed by atoms with E-state index in [1.807, 2.05) is 18.3 Å². The molecule has 1 aromatic heterocycles. The number of alkyl halides is 1. The van der Waals surface area contributed by atoms with E-state index >= 15 is 0 Å². The maximum absolute atomic E-state index is 5.69. The summed E-state index contributed by atoms with van der Waals surface area (Å²) in [6.07, 6.45) is 8.37. The maximum Gasteiger partial charge on any atom is 0.129 e. The fourth-order valence-electron chi connectivity index (χ4n) is 4.43. The van der Waals surface area contributed by atoms with Crippen molar-refractivity contribution in [3.05, 3.63) is 107 Å².